The van der Waals surface area contributed by atoms with Gasteiger partial charge in [-0.2, -0.15) is 0 Å². The molecule has 0 bridgehead atoms. The van der Waals surface area contributed by atoms with Gasteiger partial charge in [-0.3, -0.25) is 0 Å². The van der Waals surface area contributed by atoms with Crippen molar-refractivity contribution in [2.24, 2.45) is 5.18 Å². The van der Waals surface area contributed by atoms with Crippen LogP contribution >= 0.6 is 0 Å². The molecule has 0 aromatic rings. The Bertz CT molecular complexity index is 365. The largest absolute Gasteiger partial charge is 0.464 e. The molecule has 4 heteroatoms. The second-order valence-electron chi connectivity index (χ2n) is 2.28. The van der Waals surface area contributed by atoms with E-state index >= 15 is 0 Å². The van der Waals surface area contributed by atoms with Crippen LogP contribution in [-0.2, 0) is 9.47 Å². The molecule has 0 atom stereocenters. The fourth-order valence-corrected chi connectivity index (χ4v) is 0.760. The summed E-state index contributed by atoms with van der Waals surface area (Å²) in [4.78, 5) is 10.4. The van der Waals surface area contributed by atoms with Crippen LogP contribution in [0, 0.1) is 16.7 Å². The number of nitrogens with zero attached hydrogens (tertiary/aromatic N) is 1. The molecule has 72 valence electrons. The van der Waals surface area contributed by atoms with Crippen LogP contribution in [0.4, 0.5) is 0 Å². The first kappa shape index (κ1) is 10.3. The van der Waals surface area contributed by atoms with E-state index in [-0.39, 0.29) is 18.2 Å². The van der Waals surface area contributed by atoms with Gasteiger partial charge in [-0.15, -0.1) is 10.6 Å². The maximum Gasteiger partial charge on any atom is 0.200 e. The number of rotatable bonds is 5. The van der Waals surface area contributed by atoms with Gasteiger partial charge >= 0.3 is 0 Å². The van der Waals surface area contributed by atoms with Crippen LogP contribution in [0.2, 0.25) is 0 Å². The molecule has 0 saturated heterocycles. The molecule has 0 fully saturated rings. The minimum atomic E-state index is 0.0611. The minimum Gasteiger partial charge on any atom is -0.464 e. The van der Waals surface area contributed by atoms with Crippen molar-refractivity contribution in [2.75, 3.05) is 13.4 Å². The predicted molar refractivity (Wildman–Crippen MR) is 50.8 cm³/mol. The Kier molecular flexibility index (Phi) is 4.22. The van der Waals surface area contributed by atoms with Crippen molar-refractivity contribution in [3.8, 4) is 11.8 Å². The molecule has 1 rings (SSSR count). The molecule has 0 aromatic carbocycles. The summed E-state index contributed by atoms with van der Waals surface area (Å²) >= 11 is 0. The third kappa shape index (κ3) is 2.91. The van der Waals surface area contributed by atoms with Crippen molar-refractivity contribution in [1.82, 2.24) is 0 Å². The van der Waals surface area contributed by atoms with Gasteiger partial charge in [0.15, 0.2) is 12.6 Å². The molecule has 0 amide bonds. The summed E-state index contributed by atoms with van der Waals surface area (Å²) in [6.45, 7) is 2.46. The highest BCUT2D eigenvalue weighted by molar-refractivity contribution is 5.40. The first-order chi connectivity index (χ1) is 6.88. The molecule has 0 aliphatic heterocycles. The first-order valence-electron chi connectivity index (χ1n) is 4.09. The van der Waals surface area contributed by atoms with Crippen LogP contribution in [0.3, 0.4) is 0 Å². The van der Waals surface area contributed by atoms with Crippen LogP contribution in [0.1, 0.15) is 6.92 Å². The van der Waals surface area contributed by atoms with Gasteiger partial charge in [0.05, 0.1) is 0 Å². The van der Waals surface area contributed by atoms with Gasteiger partial charge < -0.3 is 9.47 Å². The van der Waals surface area contributed by atoms with Crippen molar-refractivity contribution in [2.45, 2.75) is 6.92 Å². The summed E-state index contributed by atoms with van der Waals surface area (Å²) in [6, 6.07) is 0. The lowest BCUT2D eigenvalue weighted by molar-refractivity contribution is -0.0142. The van der Waals surface area contributed by atoms with Gasteiger partial charge in [-0.05, 0) is 18.0 Å². The molecule has 1 aliphatic carbocycles. The van der Waals surface area contributed by atoms with Crippen molar-refractivity contribution in [1.29, 1.82) is 0 Å². The second kappa shape index (κ2) is 5.76. The molecule has 0 N–H and O–H groups in total. The molecular weight excluding hydrogens is 182 g/mol. The average molecular weight is 191 g/mol. The smallest absolute Gasteiger partial charge is 0.200 e. The van der Waals surface area contributed by atoms with Crippen LogP contribution in [0.15, 0.2) is 34.5 Å². The third-order valence-electron chi connectivity index (χ3n) is 1.39. The zero-order valence-electron chi connectivity index (χ0n) is 7.74. The molecule has 0 saturated carbocycles. The van der Waals surface area contributed by atoms with Gasteiger partial charge in [0.2, 0.25) is 5.70 Å². The fourth-order valence-electron chi connectivity index (χ4n) is 0.760. The number of ether oxygens (including phenoxy) is 2. The highest BCUT2D eigenvalue weighted by Gasteiger charge is 2.04. The molecule has 0 spiro atoms. The number of nitroso groups, excluding NO2 is 1. The Balaban J connectivity index is 2.72. The van der Waals surface area contributed by atoms with Crippen LogP contribution in [-0.4, -0.2) is 13.4 Å². The van der Waals surface area contributed by atoms with E-state index in [2.05, 4.69) is 22.7 Å². The van der Waals surface area contributed by atoms with Crippen molar-refractivity contribution in [3.05, 3.63) is 34.2 Å². The van der Waals surface area contributed by atoms with E-state index in [0.717, 1.165) is 0 Å². The van der Waals surface area contributed by atoms with Crippen LogP contribution < -0.4 is 0 Å². The minimum absolute atomic E-state index is 0.0611. The summed E-state index contributed by atoms with van der Waals surface area (Å²) in [6.07, 6.45) is 2.98. The molecule has 14 heavy (non-hydrogen) atoms. The normalized spacial score (nSPS) is 13.2. The Morgan fingerprint density at radius 1 is 1.57 bits per heavy atom. The van der Waals surface area contributed by atoms with Gasteiger partial charge in [0, 0.05) is 18.8 Å². The molecule has 1 aliphatic rings. The summed E-state index contributed by atoms with van der Waals surface area (Å²) in [5, 5.41) is 2.75. The SMILES string of the molecule is CCOCOC1=C(N=O)C#CC=C=C1. The maximum atomic E-state index is 10.4. The topological polar surface area (TPSA) is 47.9 Å². The Morgan fingerprint density at radius 3 is 3.14 bits per heavy atom. The van der Waals surface area contributed by atoms with Gasteiger partial charge in [0.1, 0.15) is 0 Å². The van der Waals surface area contributed by atoms with Gasteiger partial charge in [0.25, 0.3) is 0 Å². The summed E-state index contributed by atoms with van der Waals surface area (Å²) in [7, 11) is 0. The van der Waals surface area contributed by atoms with Gasteiger partial charge in [-0.1, -0.05) is 5.92 Å². The molecule has 0 radical (unpaired) electrons. The highest BCUT2D eigenvalue weighted by atomic mass is 16.7. The molecule has 0 heterocycles. The number of hydrogen-bond donors (Lipinski definition) is 0. The molecule has 0 unspecified atom stereocenters. The Morgan fingerprint density at radius 2 is 2.43 bits per heavy atom. The lowest BCUT2D eigenvalue weighted by atomic mass is 10.4. The molecular formula is C10H9NO3. The molecule has 0 aromatic heterocycles. The fraction of sp³-hybridized carbons (Fsp3) is 0.300. The van der Waals surface area contributed by atoms with Crippen molar-refractivity contribution >= 4 is 0 Å². The quantitative estimate of drug-likeness (QED) is 0.218. The standard InChI is InChI=1S/C10H9NO3/c1-2-13-8-14-10-7-5-3-4-6-9(10)11-12/h3,7H,2,8H2,1H3. The van der Waals surface area contributed by atoms with E-state index in [4.69, 9.17) is 9.47 Å². The predicted octanol–water partition coefficient (Wildman–Crippen LogP) is 1.70. The average Bonchev–Trinajstić information content (AvgIpc) is 2.43. The first-order valence-corrected chi connectivity index (χ1v) is 4.09. The Hall–Kier alpha value is -1.82. The zero-order valence-corrected chi connectivity index (χ0v) is 7.74. The monoisotopic (exact) mass is 191 g/mol. The zero-order chi connectivity index (χ0) is 10.2. The number of hydrogen-bond acceptors (Lipinski definition) is 4. The molecule has 4 nitrogen and oxygen atoms in total. The van der Waals surface area contributed by atoms with E-state index in [9.17, 15) is 4.91 Å². The van der Waals surface area contributed by atoms with Crippen LogP contribution in [0.25, 0.3) is 0 Å². The van der Waals surface area contributed by atoms with Gasteiger partial charge in [-0.25, -0.2) is 0 Å². The number of allylic oxidation sites excluding steroid dienone is 2. The highest BCUT2D eigenvalue weighted by Crippen LogP contribution is 2.09. The van der Waals surface area contributed by atoms with E-state index in [1.165, 1.54) is 12.2 Å². The second-order valence-corrected chi connectivity index (χ2v) is 2.28. The summed E-state index contributed by atoms with van der Waals surface area (Å²) in [5.41, 5.74) is 2.79. The third-order valence-corrected chi connectivity index (χ3v) is 1.39. The Labute approximate surface area is 81.9 Å². The van der Waals surface area contributed by atoms with Crippen molar-refractivity contribution < 1.29 is 9.47 Å². The lowest BCUT2D eigenvalue weighted by Crippen LogP contribution is -1.99. The van der Waals surface area contributed by atoms with E-state index in [1.54, 1.807) is 0 Å². The van der Waals surface area contributed by atoms with Crippen molar-refractivity contribution in [3.63, 3.8) is 0 Å². The van der Waals surface area contributed by atoms with E-state index in [1.807, 2.05) is 6.92 Å². The lowest BCUT2D eigenvalue weighted by Gasteiger charge is -2.05. The summed E-state index contributed by atoms with van der Waals surface area (Å²) in [5.74, 6) is 5.39. The van der Waals surface area contributed by atoms with E-state index < -0.39 is 0 Å². The van der Waals surface area contributed by atoms with Crippen LogP contribution in [0.5, 0.6) is 0 Å². The van der Waals surface area contributed by atoms with E-state index in [0.29, 0.717) is 6.61 Å². The maximum absolute atomic E-state index is 10.4. The summed E-state index contributed by atoms with van der Waals surface area (Å²) < 4.78 is 10.1.